The molecule has 19 heavy (non-hydrogen) atoms. The molecule has 6 heteroatoms. The van der Waals surface area contributed by atoms with Crippen molar-refractivity contribution < 1.29 is 9.53 Å². The molecule has 0 saturated carbocycles. The molecule has 2 rings (SSSR count). The molecule has 0 aromatic rings. The van der Waals surface area contributed by atoms with E-state index >= 15 is 0 Å². The van der Waals surface area contributed by atoms with Gasteiger partial charge in [-0.1, -0.05) is 0 Å². The molecule has 2 aliphatic rings. The average molecular weight is 309 g/mol. The van der Waals surface area contributed by atoms with Crippen LogP contribution < -0.4 is 5.32 Å². The molecule has 0 aliphatic carbocycles. The van der Waals surface area contributed by atoms with E-state index in [0.717, 1.165) is 38.4 Å². The molecular weight excluding hydrogens is 284 g/mol. The Bertz CT molecular complexity index is 275. The molecule has 2 atom stereocenters. The summed E-state index contributed by atoms with van der Waals surface area (Å²) in [7, 11) is 0. The summed E-state index contributed by atoms with van der Waals surface area (Å²) in [5.74, 6) is 1.85. The number of nitrogens with zero attached hydrogens (tertiary/aromatic N) is 1. The van der Waals surface area contributed by atoms with Gasteiger partial charge in [-0.2, -0.15) is 0 Å². The van der Waals surface area contributed by atoms with Crippen molar-refractivity contribution in [2.24, 2.45) is 0 Å². The summed E-state index contributed by atoms with van der Waals surface area (Å²) in [5.41, 5.74) is 0. The molecule has 4 nitrogen and oxygen atoms in total. The molecule has 2 heterocycles. The number of halogens is 1. The lowest BCUT2D eigenvalue weighted by atomic mass is 10.1. The van der Waals surface area contributed by atoms with Gasteiger partial charge in [-0.25, -0.2) is 0 Å². The van der Waals surface area contributed by atoms with Crippen LogP contribution in [0.4, 0.5) is 0 Å². The van der Waals surface area contributed by atoms with Gasteiger partial charge in [0.1, 0.15) is 0 Å². The smallest absolute Gasteiger partial charge is 0.232 e. The number of hydrogen-bond donors (Lipinski definition) is 1. The summed E-state index contributed by atoms with van der Waals surface area (Å²) in [4.78, 5) is 14.1. The lowest BCUT2D eigenvalue weighted by molar-refractivity contribution is -0.131. The van der Waals surface area contributed by atoms with E-state index in [1.165, 1.54) is 12.8 Å². The molecule has 2 saturated heterocycles. The van der Waals surface area contributed by atoms with Crippen LogP contribution in [0.2, 0.25) is 0 Å². The summed E-state index contributed by atoms with van der Waals surface area (Å²) in [6.07, 6.45) is 3.99. The number of hydrogen-bond acceptors (Lipinski definition) is 4. The molecule has 0 spiro atoms. The van der Waals surface area contributed by atoms with Crippen molar-refractivity contribution in [1.82, 2.24) is 10.2 Å². The molecule has 0 bridgehead atoms. The van der Waals surface area contributed by atoms with Crippen LogP contribution in [0.5, 0.6) is 0 Å². The van der Waals surface area contributed by atoms with Crippen molar-refractivity contribution in [3.8, 4) is 0 Å². The molecule has 112 valence electrons. The summed E-state index contributed by atoms with van der Waals surface area (Å²) >= 11 is 1.73. The largest absolute Gasteiger partial charge is 0.377 e. The van der Waals surface area contributed by atoms with Crippen LogP contribution in [0.1, 0.15) is 26.2 Å². The predicted octanol–water partition coefficient (Wildman–Crippen LogP) is 1.53. The van der Waals surface area contributed by atoms with Crippen molar-refractivity contribution in [3.05, 3.63) is 0 Å². The van der Waals surface area contributed by atoms with Crippen LogP contribution in [-0.4, -0.2) is 60.7 Å². The number of piperazine rings is 1. The lowest BCUT2D eigenvalue weighted by Crippen LogP contribution is -2.52. The normalized spacial score (nSPS) is 27.7. The van der Waals surface area contributed by atoms with Gasteiger partial charge in [0.15, 0.2) is 0 Å². The first kappa shape index (κ1) is 17.1. The molecule has 0 radical (unpaired) electrons. The number of carbonyl (C=O) groups excluding carboxylic acids is 1. The first-order valence-corrected chi connectivity index (χ1v) is 8.12. The summed E-state index contributed by atoms with van der Waals surface area (Å²) < 4.78 is 5.67. The Hall–Kier alpha value is 0.0300. The zero-order valence-electron chi connectivity index (χ0n) is 11.6. The highest BCUT2D eigenvalue weighted by molar-refractivity contribution is 7.99. The summed E-state index contributed by atoms with van der Waals surface area (Å²) in [6.45, 7) is 5.70. The third-order valence-corrected chi connectivity index (χ3v) is 4.68. The minimum atomic E-state index is 0. The average Bonchev–Trinajstić information content (AvgIpc) is 2.40. The van der Waals surface area contributed by atoms with E-state index in [9.17, 15) is 4.79 Å². The maximum Gasteiger partial charge on any atom is 0.232 e. The van der Waals surface area contributed by atoms with Crippen molar-refractivity contribution in [2.45, 2.75) is 38.3 Å². The van der Waals surface area contributed by atoms with Gasteiger partial charge in [-0.3, -0.25) is 4.79 Å². The lowest BCUT2D eigenvalue weighted by Gasteiger charge is -2.34. The molecular formula is C13H25ClN2O2S. The van der Waals surface area contributed by atoms with Crippen LogP contribution in [0.15, 0.2) is 0 Å². The van der Waals surface area contributed by atoms with Gasteiger partial charge in [-0.05, 0) is 26.2 Å². The van der Waals surface area contributed by atoms with E-state index in [1.807, 2.05) is 4.90 Å². The second kappa shape index (κ2) is 9.06. The van der Waals surface area contributed by atoms with Gasteiger partial charge in [0.2, 0.25) is 5.91 Å². The fourth-order valence-corrected chi connectivity index (χ4v) is 3.50. The minimum Gasteiger partial charge on any atom is -0.377 e. The van der Waals surface area contributed by atoms with Crippen LogP contribution in [0, 0.1) is 0 Å². The van der Waals surface area contributed by atoms with Crippen LogP contribution in [0.25, 0.3) is 0 Å². The van der Waals surface area contributed by atoms with Crippen molar-refractivity contribution in [1.29, 1.82) is 0 Å². The molecule has 0 aromatic heterocycles. The first-order valence-electron chi connectivity index (χ1n) is 6.97. The zero-order chi connectivity index (χ0) is 12.8. The van der Waals surface area contributed by atoms with Crippen LogP contribution >= 0.6 is 24.2 Å². The highest BCUT2D eigenvalue weighted by Gasteiger charge is 2.23. The van der Waals surface area contributed by atoms with Crippen LogP contribution in [-0.2, 0) is 9.53 Å². The second-order valence-corrected chi connectivity index (χ2v) is 6.17. The van der Waals surface area contributed by atoms with E-state index in [1.54, 1.807) is 11.8 Å². The maximum atomic E-state index is 12.1. The maximum absolute atomic E-state index is 12.1. The minimum absolute atomic E-state index is 0. The third-order valence-electron chi connectivity index (χ3n) is 3.62. The standard InChI is InChI=1S/C13H24N2O2S.ClH/c1-11-8-14-5-6-15(11)13(16)10-18-9-12-4-2-3-7-17-12;/h11-12,14H,2-10H2,1H3;1H. The highest BCUT2D eigenvalue weighted by Crippen LogP contribution is 2.17. The molecule has 1 N–H and O–H groups in total. The predicted molar refractivity (Wildman–Crippen MR) is 82.2 cm³/mol. The van der Waals surface area contributed by atoms with Gasteiger partial charge in [0.25, 0.3) is 0 Å². The van der Waals surface area contributed by atoms with E-state index in [0.29, 0.717) is 17.9 Å². The number of nitrogens with one attached hydrogen (secondary N) is 1. The Morgan fingerprint density at radius 3 is 3.00 bits per heavy atom. The topological polar surface area (TPSA) is 41.6 Å². The Morgan fingerprint density at radius 1 is 1.47 bits per heavy atom. The SMILES string of the molecule is CC1CNCCN1C(=O)CSCC1CCCCO1.Cl. The molecule has 2 fully saturated rings. The number of carbonyl (C=O) groups is 1. The number of ether oxygens (including phenoxy) is 1. The summed E-state index contributed by atoms with van der Waals surface area (Å²) in [5, 5.41) is 3.31. The van der Waals surface area contributed by atoms with Crippen molar-refractivity contribution in [3.63, 3.8) is 0 Å². The first-order chi connectivity index (χ1) is 8.77. The van der Waals surface area contributed by atoms with Gasteiger partial charge in [-0.15, -0.1) is 24.2 Å². The van der Waals surface area contributed by atoms with E-state index in [4.69, 9.17) is 4.74 Å². The van der Waals surface area contributed by atoms with Crippen molar-refractivity contribution in [2.75, 3.05) is 37.7 Å². The molecule has 0 aromatic carbocycles. The quantitative estimate of drug-likeness (QED) is 0.855. The molecule has 2 aliphatic heterocycles. The number of amides is 1. The summed E-state index contributed by atoms with van der Waals surface area (Å²) in [6, 6.07) is 0.331. The van der Waals surface area contributed by atoms with E-state index in [-0.39, 0.29) is 18.3 Å². The Balaban J connectivity index is 0.00000180. The second-order valence-electron chi connectivity index (χ2n) is 5.14. The number of thioether (sulfide) groups is 1. The molecule has 1 amide bonds. The molecule has 2 unspecified atom stereocenters. The van der Waals surface area contributed by atoms with E-state index in [2.05, 4.69) is 12.2 Å². The Labute approximate surface area is 126 Å². The van der Waals surface area contributed by atoms with Gasteiger partial charge in [0.05, 0.1) is 11.9 Å². The van der Waals surface area contributed by atoms with Crippen LogP contribution in [0.3, 0.4) is 0 Å². The van der Waals surface area contributed by atoms with Gasteiger partial charge < -0.3 is 15.0 Å². The third kappa shape index (κ3) is 5.50. The van der Waals surface area contributed by atoms with Gasteiger partial charge >= 0.3 is 0 Å². The highest BCUT2D eigenvalue weighted by atomic mass is 35.5. The Kier molecular flexibility index (Phi) is 8.14. The van der Waals surface area contributed by atoms with E-state index < -0.39 is 0 Å². The monoisotopic (exact) mass is 308 g/mol. The van der Waals surface area contributed by atoms with Gasteiger partial charge in [0, 0.05) is 38.0 Å². The zero-order valence-corrected chi connectivity index (χ0v) is 13.2. The fraction of sp³-hybridized carbons (Fsp3) is 0.923. The van der Waals surface area contributed by atoms with Crippen molar-refractivity contribution >= 4 is 30.1 Å². The number of rotatable bonds is 4. The fourth-order valence-electron chi connectivity index (χ4n) is 2.51. The Morgan fingerprint density at radius 2 is 2.32 bits per heavy atom.